The molecule has 74 heavy (non-hydrogen) atoms. The quantitative estimate of drug-likeness (QED) is 0.0274. The first-order valence-electron chi connectivity index (χ1n) is 33.2. The number of allylic oxidation sites excluding steroid dienone is 4. The Bertz CT molecular complexity index is 1170. The SMILES string of the molecule is CCCCC/C=C\C/C=C\CCCCCCCC(=O)OCCCCCCCCCCCCCCCCCCCCCCCCCCCC(=O)N[C@@H](CO)[C@H](O)[C@H](O)CCCCCCCCCCCCCCCCC. The van der Waals surface area contributed by atoms with Crippen molar-refractivity contribution in [3.8, 4) is 0 Å². The number of rotatable bonds is 62. The average Bonchev–Trinajstić information content (AvgIpc) is 3.40. The molecule has 7 heteroatoms. The lowest BCUT2D eigenvalue weighted by Crippen LogP contribution is -2.50. The Balaban J connectivity index is 3.41. The first-order valence-corrected chi connectivity index (χ1v) is 33.2. The van der Waals surface area contributed by atoms with E-state index in [2.05, 4.69) is 43.5 Å². The lowest BCUT2D eigenvalue weighted by Gasteiger charge is -2.26. The number of nitrogens with one attached hydrogen (secondary N) is 1. The summed E-state index contributed by atoms with van der Waals surface area (Å²) < 4.78 is 5.48. The molecule has 0 spiro atoms. The molecule has 3 atom stereocenters. The van der Waals surface area contributed by atoms with Gasteiger partial charge in [-0.1, -0.05) is 314 Å². The Morgan fingerprint density at radius 3 is 1.09 bits per heavy atom. The fraction of sp³-hybridized carbons (Fsp3) is 0.910. The Kier molecular flexibility index (Phi) is 60.7. The predicted molar refractivity (Wildman–Crippen MR) is 321 cm³/mol. The molecule has 7 nitrogen and oxygen atoms in total. The minimum atomic E-state index is -1.14. The first-order chi connectivity index (χ1) is 36.5. The normalized spacial score (nSPS) is 13.1. The smallest absolute Gasteiger partial charge is 0.305 e. The van der Waals surface area contributed by atoms with Crippen molar-refractivity contribution in [2.45, 2.75) is 379 Å². The van der Waals surface area contributed by atoms with Gasteiger partial charge >= 0.3 is 5.97 Å². The molecule has 0 aromatic rings. The van der Waals surface area contributed by atoms with E-state index in [0.717, 1.165) is 64.2 Å². The molecule has 0 aromatic carbocycles. The van der Waals surface area contributed by atoms with Crippen molar-refractivity contribution in [3.05, 3.63) is 24.3 Å². The summed E-state index contributed by atoms with van der Waals surface area (Å²) in [7, 11) is 0. The van der Waals surface area contributed by atoms with Crippen molar-refractivity contribution in [1.82, 2.24) is 5.32 Å². The van der Waals surface area contributed by atoms with Crippen molar-refractivity contribution in [2.24, 2.45) is 0 Å². The monoisotopic (exact) mass is 1040 g/mol. The molecule has 0 rings (SSSR count). The van der Waals surface area contributed by atoms with Gasteiger partial charge in [-0.15, -0.1) is 0 Å². The highest BCUT2D eigenvalue weighted by Gasteiger charge is 2.27. The van der Waals surface area contributed by atoms with E-state index in [0.29, 0.717) is 25.9 Å². The molecule has 0 aliphatic heterocycles. The van der Waals surface area contributed by atoms with Gasteiger partial charge in [-0.2, -0.15) is 0 Å². The molecule has 0 fully saturated rings. The van der Waals surface area contributed by atoms with Gasteiger partial charge in [0.05, 0.1) is 25.4 Å². The third-order valence-corrected chi connectivity index (χ3v) is 15.6. The molecular formula is C67H129NO6. The minimum Gasteiger partial charge on any atom is -0.466 e. The number of hydrogen-bond acceptors (Lipinski definition) is 6. The molecular weight excluding hydrogens is 915 g/mol. The van der Waals surface area contributed by atoms with E-state index in [1.165, 1.54) is 263 Å². The van der Waals surface area contributed by atoms with E-state index in [1.54, 1.807) is 0 Å². The van der Waals surface area contributed by atoms with Gasteiger partial charge in [0.2, 0.25) is 5.91 Å². The van der Waals surface area contributed by atoms with Crippen molar-refractivity contribution in [3.63, 3.8) is 0 Å². The highest BCUT2D eigenvalue weighted by molar-refractivity contribution is 5.76. The fourth-order valence-corrected chi connectivity index (χ4v) is 10.5. The van der Waals surface area contributed by atoms with Crippen LogP contribution in [0.2, 0.25) is 0 Å². The van der Waals surface area contributed by atoms with Crippen LogP contribution in [0.5, 0.6) is 0 Å². The van der Waals surface area contributed by atoms with Crippen LogP contribution in [0.1, 0.15) is 361 Å². The zero-order valence-electron chi connectivity index (χ0n) is 49.7. The minimum absolute atomic E-state index is 0.000468. The van der Waals surface area contributed by atoms with E-state index < -0.39 is 18.2 Å². The molecule has 0 aromatic heterocycles. The maximum absolute atomic E-state index is 12.5. The molecule has 438 valence electrons. The van der Waals surface area contributed by atoms with Crippen LogP contribution in [0.25, 0.3) is 0 Å². The van der Waals surface area contributed by atoms with Gasteiger partial charge in [0, 0.05) is 12.8 Å². The fourth-order valence-electron chi connectivity index (χ4n) is 10.5. The van der Waals surface area contributed by atoms with Gasteiger partial charge in [-0.3, -0.25) is 9.59 Å². The Labute approximate surface area is 461 Å². The molecule has 0 unspecified atom stereocenters. The third kappa shape index (κ3) is 56.5. The van der Waals surface area contributed by atoms with Gasteiger partial charge < -0.3 is 25.4 Å². The van der Waals surface area contributed by atoms with Crippen LogP contribution in [0, 0.1) is 0 Å². The number of unbranched alkanes of at least 4 members (excludes halogenated alkanes) is 46. The largest absolute Gasteiger partial charge is 0.466 e. The van der Waals surface area contributed by atoms with Gasteiger partial charge in [0.15, 0.2) is 0 Å². The van der Waals surface area contributed by atoms with E-state index in [-0.39, 0.29) is 18.5 Å². The Morgan fingerprint density at radius 1 is 0.392 bits per heavy atom. The second-order valence-corrected chi connectivity index (χ2v) is 22.9. The molecule has 0 saturated carbocycles. The number of aliphatic hydroxyl groups excluding tert-OH is 3. The summed E-state index contributed by atoms with van der Waals surface area (Å²) in [6.07, 6.45) is 73.7. The van der Waals surface area contributed by atoms with Crippen molar-refractivity contribution < 1.29 is 29.6 Å². The predicted octanol–water partition coefficient (Wildman–Crippen LogP) is 19.9. The van der Waals surface area contributed by atoms with Gasteiger partial charge in [0.25, 0.3) is 0 Å². The summed E-state index contributed by atoms with van der Waals surface area (Å²) in [6, 6.07) is -0.813. The maximum atomic E-state index is 12.5. The van der Waals surface area contributed by atoms with Crippen LogP contribution in [-0.2, 0) is 14.3 Å². The van der Waals surface area contributed by atoms with Crippen LogP contribution in [0.15, 0.2) is 24.3 Å². The van der Waals surface area contributed by atoms with E-state index >= 15 is 0 Å². The molecule has 0 heterocycles. The van der Waals surface area contributed by atoms with Crippen LogP contribution in [0.4, 0.5) is 0 Å². The standard InChI is InChI=1S/C67H129NO6/c1-3-5-7-9-11-13-15-17-30-34-38-42-46-50-54-58-64(70)67(73)63(62-69)68-65(71)59-55-51-47-43-39-35-32-28-26-24-22-20-19-21-23-25-27-29-33-37-41-45-49-53-57-61-74-66(72)60-56-52-48-44-40-36-31-18-16-14-12-10-8-6-4-2/h12,14,18,31,63-64,67,69-70,73H,3-11,13,15-17,19-30,32-62H2,1-2H3,(H,68,71)/b14-12-,31-18-/t63-,64+,67-/m0/s1. The van der Waals surface area contributed by atoms with Crippen LogP contribution < -0.4 is 5.32 Å². The number of amides is 1. The van der Waals surface area contributed by atoms with Gasteiger partial charge in [0.1, 0.15) is 6.10 Å². The number of carbonyl (C=O) groups is 2. The number of hydrogen-bond donors (Lipinski definition) is 4. The lowest BCUT2D eigenvalue weighted by atomic mass is 9.99. The summed E-state index contributed by atoms with van der Waals surface area (Å²) in [6.45, 7) is 4.76. The number of aliphatic hydroxyl groups is 3. The number of ether oxygens (including phenoxy) is 1. The zero-order valence-corrected chi connectivity index (χ0v) is 49.7. The molecule has 0 aliphatic rings. The average molecular weight is 1040 g/mol. The van der Waals surface area contributed by atoms with Gasteiger partial charge in [-0.05, 0) is 57.8 Å². The molecule has 0 radical (unpaired) electrons. The van der Waals surface area contributed by atoms with Crippen LogP contribution in [-0.4, -0.2) is 58.7 Å². The first kappa shape index (κ1) is 72.3. The van der Waals surface area contributed by atoms with Gasteiger partial charge in [-0.25, -0.2) is 0 Å². The van der Waals surface area contributed by atoms with Crippen LogP contribution >= 0.6 is 0 Å². The molecule has 1 amide bonds. The van der Waals surface area contributed by atoms with Crippen molar-refractivity contribution in [1.29, 1.82) is 0 Å². The van der Waals surface area contributed by atoms with E-state index in [9.17, 15) is 24.9 Å². The summed E-state index contributed by atoms with van der Waals surface area (Å²) in [5, 5.41) is 33.8. The summed E-state index contributed by atoms with van der Waals surface area (Å²) in [5.41, 5.74) is 0. The zero-order chi connectivity index (χ0) is 53.7. The van der Waals surface area contributed by atoms with Crippen molar-refractivity contribution >= 4 is 11.9 Å². The summed E-state index contributed by atoms with van der Waals surface area (Å²) in [4.78, 5) is 24.6. The second-order valence-electron chi connectivity index (χ2n) is 22.9. The molecule has 4 N–H and O–H groups in total. The lowest BCUT2D eigenvalue weighted by molar-refractivity contribution is -0.143. The third-order valence-electron chi connectivity index (χ3n) is 15.6. The van der Waals surface area contributed by atoms with Crippen LogP contribution in [0.3, 0.4) is 0 Å². The summed E-state index contributed by atoms with van der Waals surface area (Å²) in [5.74, 6) is -0.145. The number of carbonyl (C=O) groups excluding carboxylic acids is 2. The second kappa shape index (κ2) is 62.1. The molecule has 0 saturated heterocycles. The Morgan fingerprint density at radius 2 is 0.703 bits per heavy atom. The van der Waals surface area contributed by atoms with Crippen molar-refractivity contribution in [2.75, 3.05) is 13.2 Å². The number of esters is 1. The molecule has 0 aliphatic carbocycles. The van der Waals surface area contributed by atoms with E-state index in [4.69, 9.17) is 4.74 Å². The highest BCUT2D eigenvalue weighted by Crippen LogP contribution is 2.19. The topological polar surface area (TPSA) is 116 Å². The molecule has 0 bridgehead atoms. The highest BCUT2D eigenvalue weighted by atomic mass is 16.5. The Hall–Kier alpha value is -1.70. The summed E-state index contributed by atoms with van der Waals surface area (Å²) >= 11 is 0. The van der Waals surface area contributed by atoms with E-state index in [1.807, 2.05) is 0 Å². The maximum Gasteiger partial charge on any atom is 0.305 e.